The highest BCUT2D eigenvalue weighted by molar-refractivity contribution is 5.94. The summed E-state index contributed by atoms with van der Waals surface area (Å²) in [4.78, 5) is 36.7. The molecule has 7 nitrogen and oxygen atoms in total. The standard InChI is InChI=1S/C36H39N3O4/c1-24(31-20-13-26-9-5-6-10-32(26)23-31)38-36(43)39-34(28-14-11-27(12-15-28)25-7-3-2-4-8-25)29-16-18-30(19-17-29)35(42)37-22-21-33(40)41/h5-6,9-20,23-25,34H,2-4,7-8,21-22H2,1H3,(H,37,42)(H,40,41)(H2,38,39,43)/t24-,34?/m1/s1. The molecule has 2 atom stereocenters. The summed E-state index contributed by atoms with van der Waals surface area (Å²) < 4.78 is 0. The van der Waals surface area contributed by atoms with E-state index in [2.05, 4.69) is 64.5 Å². The maximum atomic E-state index is 13.4. The van der Waals surface area contributed by atoms with Crippen molar-refractivity contribution in [2.75, 3.05) is 6.54 Å². The van der Waals surface area contributed by atoms with Crippen molar-refractivity contribution < 1.29 is 19.5 Å². The smallest absolute Gasteiger partial charge is 0.316 e. The summed E-state index contributed by atoms with van der Waals surface area (Å²) in [5, 5.41) is 20.0. The van der Waals surface area contributed by atoms with Crippen molar-refractivity contribution in [3.63, 3.8) is 0 Å². The molecule has 4 N–H and O–H groups in total. The number of urea groups is 1. The van der Waals surface area contributed by atoms with E-state index in [0.717, 1.165) is 27.5 Å². The molecule has 5 rings (SSSR count). The van der Waals surface area contributed by atoms with Crippen LogP contribution in [-0.4, -0.2) is 29.6 Å². The number of aliphatic carboxylic acids is 1. The molecule has 4 aromatic rings. The number of nitrogens with one attached hydrogen (secondary N) is 3. The number of carboxylic acid groups (broad SMARTS) is 1. The number of carbonyl (C=O) groups excluding carboxylic acids is 2. The number of benzene rings is 4. The van der Waals surface area contributed by atoms with Crippen LogP contribution in [0.1, 0.15) is 96.1 Å². The molecule has 222 valence electrons. The third-order valence-electron chi connectivity index (χ3n) is 8.37. The second-order valence-electron chi connectivity index (χ2n) is 11.4. The van der Waals surface area contributed by atoms with Crippen molar-refractivity contribution in [1.29, 1.82) is 0 Å². The summed E-state index contributed by atoms with van der Waals surface area (Å²) >= 11 is 0. The van der Waals surface area contributed by atoms with Crippen molar-refractivity contribution in [1.82, 2.24) is 16.0 Å². The van der Waals surface area contributed by atoms with E-state index in [1.165, 1.54) is 37.7 Å². The fourth-order valence-electron chi connectivity index (χ4n) is 5.90. The highest BCUT2D eigenvalue weighted by Gasteiger charge is 2.21. The summed E-state index contributed by atoms with van der Waals surface area (Å²) in [6, 6.07) is 29.0. The third kappa shape index (κ3) is 7.80. The zero-order valence-corrected chi connectivity index (χ0v) is 24.5. The summed E-state index contributed by atoms with van der Waals surface area (Å²) in [5.41, 5.74) is 4.56. The van der Waals surface area contributed by atoms with Crippen LogP contribution in [0.25, 0.3) is 10.8 Å². The SMILES string of the molecule is C[C@@H](NC(=O)NC(c1ccc(C(=O)NCCC(=O)O)cc1)c1ccc(C2CCCCC2)cc1)c1ccc2ccccc2c1. The van der Waals surface area contributed by atoms with Gasteiger partial charge in [-0.05, 0) is 76.9 Å². The van der Waals surface area contributed by atoms with Gasteiger partial charge in [0.1, 0.15) is 0 Å². The zero-order valence-electron chi connectivity index (χ0n) is 24.5. The Balaban J connectivity index is 1.33. The van der Waals surface area contributed by atoms with E-state index in [4.69, 9.17) is 5.11 Å². The number of hydrogen-bond acceptors (Lipinski definition) is 3. The van der Waals surface area contributed by atoms with Gasteiger partial charge in [0.2, 0.25) is 0 Å². The predicted octanol–water partition coefficient (Wildman–Crippen LogP) is 7.24. The van der Waals surface area contributed by atoms with Gasteiger partial charge in [0.05, 0.1) is 18.5 Å². The van der Waals surface area contributed by atoms with Gasteiger partial charge >= 0.3 is 12.0 Å². The first-order valence-electron chi connectivity index (χ1n) is 15.1. The van der Waals surface area contributed by atoms with Gasteiger partial charge in [-0.15, -0.1) is 0 Å². The summed E-state index contributed by atoms with van der Waals surface area (Å²) in [6.45, 7) is 2.03. The van der Waals surface area contributed by atoms with Crippen LogP contribution in [0.3, 0.4) is 0 Å². The molecular formula is C36H39N3O4. The van der Waals surface area contributed by atoms with Crippen LogP contribution in [0.4, 0.5) is 4.79 Å². The quantitative estimate of drug-likeness (QED) is 0.159. The van der Waals surface area contributed by atoms with Crippen LogP contribution in [-0.2, 0) is 4.79 Å². The number of hydrogen-bond donors (Lipinski definition) is 4. The molecule has 1 aliphatic rings. The van der Waals surface area contributed by atoms with Crippen LogP contribution >= 0.6 is 0 Å². The monoisotopic (exact) mass is 577 g/mol. The first-order valence-corrected chi connectivity index (χ1v) is 15.1. The molecule has 7 heteroatoms. The Hall–Kier alpha value is -4.65. The van der Waals surface area contributed by atoms with E-state index in [-0.39, 0.29) is 30.9 Å². The Morgan fingerprint density at radius 2 is 1.40 bits per heavy atom. The summed E-state index contributed by atoms with van der Waals surface area (Å²) in [7, 11) is 0. The van der Waals surface area contributed by atoms with Crippen molar-refractivity contribution in [2.24, 2.45) is 0 Å². The predicted molar refractivity (Wildman–Crippen MR) is 169 cm³/mol. The number of fused-ring (bicyclic) bond motifs is 1. The highest BCUT2D eigenvalue weighted by Crippen LogP contribution is 2.33. The molecule has 3 amide bonds. The van der Waals surface area contributed by atoms with E-state index in [1.807, 2.05) is 37.3 Å². The molecule has 0 heterocycles. The lowest BCUT2D eigenvalue weighted by molar-refractivity contribution is -0.136. The van der Waals surface area contributed by atoms with Gasteiger partial charge in [0.15, 0.2) is 0 Å². The molecule has 43 heavy (non-hydrogen) atoms. The molecule has 1 fully saturated rings. The number of carboxylic acids is 1. The molecule has 1 unspecified atom stereocenters. The lowest BCUT2D eigenvalue weighted by Crippen LogP contribution is -2.39. The molecule has 0 radical (unpaired) electrons. The molecule has 0 saturated heterocycles. The minimum Gasteiger partial charge on any atom is -0.481 e. The maximum Gasteiger partial charge on any atom is 0.316 e. The van der Waals surface area contributed by atoms with Gasteiger partial charge in [-0.2, -0.15) is 0 Å². The Kier molecular flexibility index (Phi) is 9.72. The fourth-order valence-corrected chi connectivity index (χ4v) is 5.90. The van der Waals surface area contributed by atoms with Crippen LogP contribution in [0.2, 0.25) is 0 Å². The second-order valence-corrected chi connectivity index (χ2v) is 11.4. The normalized spacial score (nSPS) is 14.9. The lowest BCUT2D eigenvalue weighted by atomic mass is 9.83. The van der Waals surface area contributed by atoms with Gasteiger partial charge in [-0.25, -0.2) is 4.79 Å². The molecule has 0 spiro atoms. The van der Waals surface area contributed by atoms with Crippen LogP contribution < -0.4 is 16.0 Å². The number of carbonyl (C=O) groups is 3. The third-order valence-corrected chi connectivity index (χ3v) is 8.37. The topological polar surface area (TPSA) is 108 Å². The fraction of sp³-hybridized carbons (Fsp3) is 0.306. The summed E-state index contributed by atoms with van der Waals surface area (Å²) in [6.07, 6.45) is 6.13. The van der Waals surface area contributed by atoms with Crippen LogP contribution in [0, 0.1) is 0 Å². The van der Waals surface area contributed by atoms with E-state index >= 15 is 0 Å². The van der Waals surface area contributed by atoms with E-state index in [0.29, 0.717) is 11.5 Å². The minimum absolute atomic E-state index is 0.0585. The summed E-state index contributed by atoms with van der Waals surface area (Å²) in [5.74, 6) is -0.720. The van der Waals surface area contributed by atoms with Crippen LogP contribution in [0.5, 0.6) is 0 Å². The average molecular weight is 578 g/mol. The van der Waals surface area contributed by atoms with Gasteiger partial charge in [-0.1, -0.05) is 92.1 Å². The van der Waals surface area contributed by atoms with E-state index < -0.39 is 12.0 Å². The van der Waals surface area contributed by atoms with E-state index in [9.17, 15) is 14.4 Å². The van der Waals surface area contributed by atoms with Crippen molar-refractivity contribution in [3.05, 3.63) is 119 Å². The number of rotatable bonds is 10. The Morgan fingerprint density at radius 1 is 0.767 bits per heavy atom. The van der Waals surface area contributed by atoms with Gasteiger partial charge in [0.25, 0.3) is 5.91 Å². The van der Waals surface area contributed by atoms with Crippen molar-refractivity contribution in [2.45, 2.75) is 63.5 Å². The molecule has 4 aromatic carbocycles. The lowest BCUT2D eigenvalue weighted by Gasteiger charge is -2.25. The van der Waals surface area contributed by atoms with Crippen molar-refractivity contribution in [3.8, 4) is 0 Å². The Labute approximate surface area is 252 Å². The minimum atomic E-state index is -0.965. The average Bonchev–Trinajstić information content (AvgIpc) is 3.04. The van der Waals surface area contributed by atoms with Crippen LogP contribution in [0.15, 0.2) is 91.0 Å². The van der Waals surface area contributed by atoms with Gasteiger partial charge < -0.3 is 21.1 Å². The molecule has 0 aliphatic heterocycles. The van der Waals surface area contributed by atoms with Gasteiger partial charge in [-0.3, -0.25) is 9.59 Å². The number of amides is 3. The Bertz CT molecular complexity index is 1560. The zero-order chi connectivity index (χ0) is 30.2. The maximum absolute atomic E-state index is 13.4. The first kappa shape index (κ1) is 29.8. The molecule has 0 aromatic heterocycles. The molecule has 1 saturated carbocycles. The molecule has 0 bridgehead atoms. The second kappa shape index (κ2) is 14.0. The first-order chi connectivity index (χ1) is 20.9. The highest BCUT2D eigenvalue weighted by atomic mass is 16.4. The largest absolute Gasteiger partial charge is 0.481 e. The van der Waals surface area contributed by atoms with Gasteiger partial charge in [0, 0.05) is 12.1 Å². The molecular weight excluding hydrogens is 538 g/mol. The van der Waals surface area contributed by atoms with E-state index in [1.54, 1.807) is 12.1 Å². The Morgan fingerprint density at radius 3 is 2.07 bits per heavy atom. The van der Waals surface area contributed by atoms with Crippen molar-refractivity contribution >= 4 is 28.7 Å². The molecule has 1 aliphatic carbocycles.